The molecule has 0 aromatic carbocycles. The SMILES string of the molecule is CNC(=O)CCN1CCOCC(N)C1. The zero-order valence-electron chi connectivity index (χ0n) is 8.66. The molecule has 0 aliphatic carbocycles. The number of carbonyl (C=O) groups excluding carboxylic acids is 1. The monoisotopic (exact) mass is 201 g/mol. The van der Waals surface area contributed by atoms with Crippen LogP contribution in [0.3, 0.4) is 0 Å². The van der Waals surface area contributed by atoms with Gasteiger partial charge in [-0.1, -0.05) is 0 Å². The minimum absolute atomic E-state index is 0.0715. The molecule has 0 aromatic rings. The highest BCUT2D eigenvalue weighted by Gasteiger charge is 2.15. The van der Waals surface area contributed by atoms with Gasteiger partial charge in [-0.15, -0.1) is 0 Å². The van der Waals surface area contributed by atoms with Gasteiger partial charge in [0.2, 0.25) is 5.91 Å². The summed E-state index contributed by atoms with van der Waals surface area (Å²) < 4.78 is 5.30. The molecule has 1 unspecified atom stereocenters. The maximum atomic E-state index is 11.0. The topological polar surface area (TPSA) is 67.6 Å². The Bertz CT molecular complexity index is 187. The third kappa shape index (κ3) is 4.04. The first-order valence-corrected chi connectivity index (χ1v) is 4.98. The fraction of sp³-hybridized carbons (Fsp3) is 0.889. The highest BCUT2D eigenvalue weighted by molar-refractivity contribution is 5.75. The van der Waals surface area contributed by atoms with E-state index in [0.717, 1.165) is 19.6 Å². The lowest BCUT2D eigenvalue weighted by molar-refractivity contribution is -0.120. The number of hydrogen-bond donors (Lipinski definition) is 2. The summed E-state index contributed by atoms with van der Waals surface area (Å²) in [6, 6.07) is 0.0715. The maximum Gasteiger partial charge on any atom is 0.221 e. The van der Waals surface area contributed by atoms with Gasteiger partial charge in [-0.05, 0) is 0 Å². The summed E-state index contributed by atoms with van der Waals surface area (Å²) in [6.07, 6.45) is 0.531. The average molecular weight is 201 g/mol. The lowest BCUT2D eigenvalue weighted by atomic mass is 10.3. The summed E-state index contributed by atoms with van der Waals surface area (Å²) in [4.78, 5) is 13.2. The van der Waals surface area contributed by atoms with Crippen LogP contribution in [0.2, 0.25) is 0 Å². The molecule has 1 amide bonds. The minimum Gasteiger partial charge on any atom is -0.378 e. The van der Waals surface area contributed by atoms with E-state index in [1.165, 1.54) is 0 Å². The van der Waals surface area contributed by atoms with Crippen LogP contribution in [0.25, 0.3) is 0 Å². The van der Waals surface area contributed by atoms with Gasteiger partial charge in [0, 0.05) is 39.1 Å². The Morgan fingerprint density at radius 1 is 1.71 bits per heavy atom. The largest absolute Gasteiger partial charge is 0.378 e. The van der Waals surface area contributed by atoms with Crippen molar-refractivity contribution in [3.8, 4) is 0 Å². The third-order valence-electron chi connectivity index (χ3n) is 2.31. The van der Waals surface area contributed by atoms with Crippen LogP contribution in [-0.2, 0) is 9.53 Å². The van der Waals surface area contributed by atoms with Crippen molar-refractivity contribution in [3.05, 3.63) is 0 Å². The van der Waals surface area contributed by atoms with Crippen molar-refractivity contribution in [2.24, 2.45) is 5.73 Å². The van der Waals surface area contributed by atoms with Crippen molar-refractivity contribution in [2.75, 3.05) is 39.9 Å². The number of nitrogens with two attached hydrogens (primary N) is 1. The van der Waals surface area contributed by atoms with Crippen LogP contribution in [-0.4, -0.2) is 56.7 Å². The number of carbonyl (C=O) groups is 1. The predicted octanol–water partition coefficient (Wildman–Crippen LogP) is -1.22. The van der Waals surface area contributed by atoms with E-state index >= 15 is 0 Å². The predicted molar refractivity (Wildman–Crippen MR) is 53.9 cm³/mol. The Morgan fingerprint density at radius 2 is 2.50 bits per heavy atom. The van der Waals surface area contributed by atoms with E-state index in [1.807, 2.05) is 0 Å². The average Bonchev–Trinajstić information content (AvgIpc) is 2.39. The molecule has 5 nitrogen and oxygen atoms in total. The van der Waals surface area contributed by atoms with Gasteiger partial charge in [-0.2, -0.15) is 0 Å². The van der Waals surface area contributed by atoms with Gasteiger partial charge >= 0.3 is 0 Å². The summed E-state index contributed by atoms with van der Waals surface area (Å²) in [7, 11) is 1.65. The molecule has 0 bridgehead atoms. The number of ether oxygens (including phenoxy) is 1. The fourth-order valence-electron chi connectivity index (χ4n) is 1.49. The molecular formula is C9H19N3O2. The molecule has 0 saturated carbocycles. The van der Waals surface area contributed by atoms with E-state index < -0.39 is 0 Å². The van der Waals surface area contributed by atoms with Crippen molar-refractivity contribution in [3.63, 3.8) is 0 Å². The molecular weight excluding hydrogens is 182 g/mol. The van der Waals surface area contributed by atoms with Crippen LogP contribution in [0, 0.1) is 0 Å². The van der Waals surface area contributed by atoms with E-state index in [-0.39, 0.29) is 11.9 Å². The Balaban J connectivity index is 2.24. The highest BCUT2D eigenvalue weighted by atomic mass is 16.5. The number of nitrogens with one attached hydrogen (secondary N) is 1. The fourth-order valence-corrected chi connectivity index (χ4v) is 1.49. The second-order valence-electron chi connectivity index (χ2n) is 3.56. The maximum absolute atomic E-state index is 11.0. The summed E-state index contributed by atoms with van der Waals surface area (Å²) in [6.45, 7) is 3.77. The number of amides is 1. The molecule has 0 radical (unpaired) electrons. The lowest BCUT2D eigenvalue weighted by Gasteiger charge is -2.20. The standard InChI is InChI=1S/C9H19N3O2/c1-11-9(13)2-3-12-4-5-14-7-8(10)6-12/h8H,2-7,10H2,1H3,(H,11,13). The molecule has 1 saturated heterocycles. The summed E-state index contributed by atoms with van der Waals surface area (Å²) in [5.41, 5.74) is 5.80. The van der Waals surface area contributed by atoms with Crippen LogP contribution in [0.4, 0.5) is 0 Å². The zero-order valence-corrected chi connectivity index (χ0v) is 8.66. The molecule has 3 N–H and O–H groups in total. The summed E-state index contributed by atoms with van der Waals surface area (Å²) in [5.74, 6) is 0.0729. The molecule has 1 rings (SSSR count). The van der Waals surface area contributed by atoms with Gasteiger partial charge in [0.25, 0.3) is 0 Å². The van der Waals surface area contributed by atoms with E-state index in [9.17, 15) is 4.79 Å². The molecule has 1 aliphatic rings. The Hall–Kier alpha value is -0.650. The third-order valence-corrected chi connectivity index (χ3v) is 2.31. The van der Waals surface area contributed by atoms with Crippen molar-refractivity contribution in [2.45, 2.75) is 12.5 Å². The number of rotatable bonds is 3. The van der Waals surface area contributed by atoms with Gasteiger partial charge in [-0.25, -0.2) is 0 Å². The van der Waals surface area contributed by atoms with Gasteiger partial charge < -0.3 is 15.8 Å². The van der Waals surface area contributed by atoms with E-state index in [1.54, 1.807) is 7.05 Å². The van der Waals surface area contributed by atoms with Crippen LogP contribution >= 0.6 is 0 Å². The zero-order chi connectivity index (χ0) is 10.4. The highest BCUT2D eigenvalue weighted by Crippen LogP contribution is 1.99. The van der Waals surface area contributed by atoms with E-state index in [0.29, 0.717) is 19.6 Å². The molecule has 82 valence electrons. The Labute approximate surface area is 84.6 Å². The normalized spacial score (nSPS) is 24.3. The lowest BCUT2D eigenvalue weighted by Crippen LogP contribution is -2.39. The Kier molecular flexibility index (Phi) is 4.86. The molecule has 1 atom stereocenters. The van der Waals surface area contributed by atoms with Crippen LogP contribution in [0.5, 0.6) is 0 Å². The molecule has 1 aliphatic heterocycles. The van der Waals surface area contributed by atoms with Crippen LogP contribution in [0.15, 0.2) is 0 Å². The smallest absolute Gasteiger partial charge is 0.221 e. The second-order valence-corrected chi connectivity index (χ2v) is 3.56. The Morgan fingerprint density at radius 3 is 3.21 bits per heavy atom. The van der Waals surface area contributed by atoms with Gasteiger partial charge in [-0.3, -0.25) is 9.69 Å². The first kappa shape index (κ1) is 11.4. The quantitative estimate of drug-likeness (QED) is 0.601. The first-order chi connectivity index (χ1) is 6.72. The molecule has 1 heterocycles. The number of hydrogen-bond acceptors (Lipinski definition) is 4. The summed E-state index contributed by atoms with van der Waals surface area (Å²) in [5, 5.41) is 2.60. The van der Waals surface area contributed by atoms with Crippen molar-refractivity contribution in [1.29, 1.82) is 0 Å². The van der Waals surface area contributed by atoms with E-state index in [2.05, 4.69) is 10.2 Å². The molecule has 14 heavy (non-hydrogen) atoms. The van der Waals surface area contributed by atoms with Crippen molar-refractivity contribution in [1.82, 2.24) is 10.2 Å². The molecule has 1 fully saturated rings. The minimum atomic E-state index is 0.0715. The van der Waals surface area contributed by atoms with Crippen molar-refractivity contribution < 1.29 is 9.53 Å². The molecule has 5 heteroatoms. The van der Waals surface area contributed by atoms with E-state index in [4.69, 9.17) is 10.5 Å². The molecule has 0 spiro atoms. The number of nitrogens with zero attached hydrogens (tertiary/aromatic N) is 1. The van der Waals surface area contributed by atoms with Gasteiger partial charge in [0.15, 0.2) is 0 Å². The van der Waals surface area contributed by atoms with Gasteiger partial charge in [0.05, 0.1) is 13.2 Å². The second kappa shape index (κ2) is 5.95. The van der Waals surface area contributed by atoms with Crippen LogP contribution in [0.1, 0.15) is 6.42 Å². The summed E-state index contributed by atoms with van der Waals surface area (Å²) >= 11 is 0. The van der Waals surface area contributed by atoms with Crippen LogP contribution < -0.4 is 11.1 Å². The molecule has 0 aromatic heterocycles. The first-order valence-electron chi connectivity index (χ1n) is 4.98. The van der Waals surface area contributed by atoms with Crippen molar-refractivity contribution >= 4 is 5.91 Å². The van der Waals surface area contributed by atoms with Gasteiger partial charge in [0.1, 0.15) is 0 Å².